The summed E-state index contributed by atoms with van der Waals surface area (Å²) in [6.45, 7) is 1.46. The zero-order chi connectivity index (χ0) is 14.5. The van der Waals surface area contributed by atoms with E-state index >= 15 is 0 Å². The van der Waals surface area contributed by atoms with Crippen LogP contribution in [0.3, 0.4) is 0 Å². The Hall–Kier alpha value is -1.97. The van der Waals surface area contributed by atoms with Crippen molar-refractivity contribution in [1.82, 2.24) is 4.90 Å². The molecule has 6 heteroatoms. The summed E-state index contributed by atoms with van der Waals surface area (Å²) in [5, 5.41) is 8.83. The van der Waals surface area contributed by atoms with Gasteiger partial charge in [-0.1, -0.05) is 12.1 Å². The van der Waals surface area contributed by atoms with Gasteiger partial charge in [0.25, 0.3) is 0 Å². The third-order valence-electron chi connectivity index (χ3n) is 3.29. The summed E-state index contributed by atoms with van der Waals surface area (Å²) in [7, 11) is 1.31. The predicted molar refractivity (Wildman–Crippen MR) is 68.1 cm³/mol. The molecule has 1 aliphatic heterocycles. The van der Waals surface area contributed by atoms with Crippen molar-refractivity contribution in [3.63, 3.8) is 0 Å². The summed E-state index contributed by atoms with van der Waals surface area (Å²) in [6, 6.07) is 5.93. The molecule has 1 saturated heterocycles. The summed E-state index contributed by atoms with van der Waals surface area (Å²) in [4.78, 5) is 13.5. The van der Waals surface area contributed by atoms with Gasteiger partial charge in [0.05, 0.1) is 25.9 Å². The molecule has 0 saturated carbocycles. The van der Waals surface area contributed by atoms with Gasteiger partial charge in [-0.15, -0.1) is 0 Å². The smallest absolute Gasteiger partial charge is 0.325 e. The molecule has 0 radical (unpaired) electrons. The zero-order valence-electron chi connectivity index (χ0n) is 11.1. The molecule has 1 heterocycles. The normalized spacial score (nSPS) is 19.4. The molecule has 1 aromatic rings. The van der Waals surface area contributed by atoms with Crippen LogP contribution < -0.4 is 0 Å². The van der Waals surface area contributed by atoms with Crippen molar-refractivity contribution >= 4 is 5.97 Å². The molecule has 0 amide bonds. The highest BCUT2D eigenvalue weighted by molar-refractivity contribution is 5.75. The predicted octanol–water partition coefficient (Wildman–Crippen LogP) is 1.07. The van der Waals surface area contributed by atoms with Crippen LogP contribution >= 0.6 is 0 Å². The average molecular weight is 278 g/mol. The van der Waals surface area contributed by atoms with Crippen LogP contribution in [0.1, 0.15) is 11.1 Å². The number of ether oxygens (including phenoxy) is 2. The average Bonchev–Trinajstić information content (AvgIpc) is 2.49. The second-order valence-electron chi connectivity index (χ2n) is 4.47. The Labute approximate surface area is 116 Å². The fourth-order valence-corrected chi connectivity index (χ4v) is 2.19. The van der Waals surface area contributed by atoms with Crippen LogP contribution in [0.25, 0.3) is 0 Å². The van der Waals surface area contributed by atoms with E-state index in [1.807, 2.05) is 6.07 Å². The lowest BCUT2D eigenvalue weighted by atomic mass is 10.1. The number of carbonyl (C=O) groups excluding carboxylic acids is 1. The quantitative estimate of drug-likeness (QED) is 0.774. The van der Waals surface area contributed by atoms with Gasteiger partial charge in [-0.25, -0.2) is 4.39 Å². The van der Waals surface area contributed by atoms with E-state index in [9.17, 15) is 9.18 Å². The minimum Gasteiger partial charge on any atom is -0.468 e. The fourth-order valence-electron chi connectivity index (χ4n) is 2.19. The molecule has 0 aliphatic carbocycles. The number of halogens is 1. The fraction of sp³-hybridized carbons (Fsp3) is 0.429. The maximum Gasteiger partial charge on any atom is 0.325 e. The Morgan fingerprint density at radius 1 is 1.65 bits per heavy atom. The summed E-state index contributed by atoms with van der Waals surface area (Å²) >= 11 is 0. The summed E-state index contributed by atoms with van der Waals surface area (Å²) in [5.41, 5.74) is 0.394. The van der Waals surface area contributed by atoms with E-state index in [2.05, 4.69) is 0 Å². The largest absolute Gasteiger partial charge is 0.468 e. The second kappa shape index (κ2) is 6.46. The minimum atomic E-state index is -0.543. The van der Waals surface area contributed by atoms with Crippen molar-refractivity contribution in [2.75, 3.05) is 26.9 Å². The van der Waals surface area contributed by atoms with E-state index in [4.69, 9.17) is 14.7 Å². The first-order valence-electron chi connectivity index (χ1n) is 6.24. The highest BCUT2D eigenvalue weighted by Crippen LogP contribution is 2.18. The molecule has 1 fully saturated rings. The first kappa shape index (κ1) is 14.4. The van der Waals surface area contributed by atoms with Crippen molar-refractivity contribution in [1.29, 1.82) is 5.26 Å². The highest BCUT2D eigenvalue weighted by Gasteiger charge is 2.30. The van der Waals surface area contributed by atoms with Crippen molar-refractivity contribution < 1.29 is 18.7 Å². The minimum absolute atomic E-state index is 0.00498. The molecule has 1 unspecified atom stereocenters. The van der Waals surface area contributed by atoms with Crippen molar-refractivity contribution in [2.24, 2.45) is 0 Å². The Morgan fingerprint density at radius 2 is 2.45 bits per heavy atom. The van der Waals surface area contributed by atoms with E-state index in [0.29, 0.717) is 18.7 Å². The van der Waals surface area contributed by atoms with Crippen molar-refractivity contribution in [3.8, 4) is 6.07 Å². The van der Waals surface area contributed by atoms with Gasteiger partial charge < -0.3 is 9.47 Å². The van der Waals surface area contributed by atoms with E-state index < -0.39 is 17.8 Å². The maximum absolute atomic E-state index is 14.0. The maximum atomic E-state index is 14.0. The Balaban J connectivity index is 2.19. The number of rotatable bonds is 3. The van der Waals surface area contributed by atoms with Gasteiger partial charge in [-0.05, 0) is 6.07 Å². The van der Waals surface area contributed by atoms with E-state index in [1.165, 1.54) is 13.2 Å². The Morgan fingerprint density at radius 3 is 3.15 bits per heavy atom. The van der Waals surface area contributed by atoms with Crippen LogP contribution in [0.5, 0.6) is 0 Å². The molecule has 1 aliphatic rings. The third-order valence-corrected chi connectivity index (χ3v) is 3.29. The summed E-state index contributed by atoms with van der Waals surface area (Å²) in [6.07, 6.45) is 0. The summed E-state index contributed by atoms with van der Waals surface area (Å²) < 4.78 is 24.0. The van der Waals surface area contributed by atoms with Gasteiger partial charge >= 0.3 is 5.97 Å². The van der Waals surface area contributed by atoms with Gasteiger partial charge in [0.1, 0.15) is 17.9 Å². The van der Waals surface area contributed by atoms with Gasteiger partial charge in [0.15, 0.2) is 0 Å². The van der Waals surface area contributed by atoms with E-state index in [0.717, 1.165) is 0 Å². The Kier molecular flexibility index (Phi) is 4.66. The lowest BCUT2D eigenvalue weighted by Crippen LogP contribution is -2.49. The number of nitrogens with zero attached hydrogens (tertiary/aromatic N) is 2. The first-order chi connectivity index (χ1) is 9.67. The molecular weight excluding hydrogens is 263 g/mol. The molecule has 20 heavy (non-hydrogen) atoms. The second-order valence-corrected chi connectivity index (χ2v) is 4.47. The molecule has 106 valence electrons. The number of esters is 1. The molecule has 1 atom stereocenters. The van der Waals surface area contributed by atoms with Gasteiger partial charge in [-0.3, -0.25) is 9.69 Å². The monoisotopic (exact) mass is 278 g/mol. The standard InChI is InChI=1S/C14H15FN2O3/c1-19-14(18)12-9-20-6-5-17(12)8-11-4-2-3-10(7-16)13(11)15/h2-4,12H,5-6,8-9H2,1H3. The topological polar surface area (TPSA) is 62.6 Å². The Bertz CT molecular complexity index is 542. The molecule has 0 N–H and O–H groups in total. The number of hydrogen-bond donors (Lipinski definition) is 0. The van der Waals surface area contributed by atoms with E-state index in [-0.39, 0.29) is 18.7 Å². The van der Waals surface area contributed by atoms with Gasteiger partial charge in [0.2, 0.25) is 0 Å². The third kappa shape index (κ3) is 2.95. The number of nitriles is 1. The van der Waals surface area contributed by atoms with Gasteiger partial charge in [-0.2, -0.15) is 5.26 Å². The van der Waals surface area contributed by atoms with Crippen LogP contribution in [-0.4, -0.2) is 43.8 Å². The van der Waals surface area contributed by atoms with E-state index in [1.54, 1.807) is 17.0 Å². The van der Waals surface area contributed by atoms with Crippen LogP contribution in [0.2, 0.25) is 0 Å². The number of benzene rings is 1. The number of morpholine rings is 1. The SMILES string of the molecule is COC(=O)C1COCCN1Cc1cccc(C#N)c1F. The first-order valence-corrected chi connectivity index (χ1v) is 6.24. The molecule has 0 bridgehead atoms. The molecule has 0 aromatic heterocycles. The van der Waals surface area contributed by atoms with Gasteiger partial charge in [0, 0.05) is 18.7 Å². The molecule has 5 nitrogen and oxygen atoms in total. The molecule has 2 rings (SSSR count). The number of hydrogen-bond acceptors (Lipinski definition) is 5. The summed E-state index contributed by atoms with van der Waals surface area (Å²) in [5.74, 6) is -0.938. The molecule has 1 aromatic carbocycles. The van der Waals surface area contributed by atoms with Crippen LogP contribution in [0, 0.1) is 17.1 Å². The van der Waals surface area contributed by atoms with Crippen molar-refractivity contribution in [3.05, 3.63) is 35.1 Å². The van der Waals surface area contributed by atoms with Crippen LogP contribution in [0.15, 0.2) is 18.2 Å². The van der Waals surface area contributed by atoms with Crippen molar-refractivity contribution in [2.45, 2.75) is 12.6 Å². The zero-order valence-corrected chi connectivity index (χ0v) is 11.1. The molecular formula is C14H15FN2O3. The number of methoxy groups -OCH3 is 1. The molecule has 0 spiro atoms. The lowest BCUT2D eigenvalue weighted by molar-refractivity contribution is -0.153. The van der Waals surface area contributed by atoms with Crippen LogP contribution in [0.4, 0.5) is 4.39 Å². The number of carbonyl (C=O) groups is 1. The lowest BCUT2D eigenvalue weighted by Gasteiger charge is -2.33. The highest BCUT2D eigenvalue weighted by atomic mass is 19.1. The van der Waals surface area contributed by atoms with Crippen LogP contribution in [-0.2, 0) is 20.8 Å².